The van der Waals surface area contributed by atoms with Crippen molar-refractivity contribution in [3.05, 3.63) is 89.2 Å². The van der Waals surface area contributed by atoms with Gasteiger partial charge in [0.2, 0.25) is 0 Å². The standard InChI is InChI=1S/C20H18N2O/c1-16-19(13-12-17-8-4-2-5-9-17)14-21-22(16)15-20(23)18-10-6-3-7-11-18/h2-11,14,20,23H,15H2,1H3. The second kappa shape index (κ2) is 6.95. The van der Waals surface area contributed by atoms with Crippen molar-refractivity contribution < 1.29 is 5.11 Å². The molecule has 0 aliphatic heterocycles. The maximum Gasteiger partial charge on any atom is 0.0986 e. The van der Waals surface area contributed by atoms with E-state index < -0.39 is 6.10 Å². The molecule has 23 heavy (non-hydrogen) atoms. The third-order valence-corrected chi connectivity index (χ3v) is 3.75. The fraction of sp³-hybridized carbons (Fsp3) is 0.150. The second-order valence-electron chi connectivity index (χ2n) is 5.37. The Balaban J connectivity index is 1.76. The predicted octanol–water partition coefficient (Wildman–Crippen LogP) is 3.32. The summed E-state index contributed by atoms with van der Waals surface area (Å²) < 4.78 is 1.80. The Morgan fingerprint density at radius 3 is 2.35 bits per heavy atom. The molecule has 2 aromatic carbocycles. The summed E-state index contributed by atoms with van der Waals surface area (Å²) in [5, 5.41) is 14.7. The van der Waals surface area contributed by atoms with Crippen LogP contribution in [0.3, 0.4) is 0 Å². The monoisotopic (exact) mass is 302 g/mol. The number of rotatable bonds is 3. The number of nitrogens with zero attached hydrogens (tertiary/aromatic N) is 2. The topological polar surface area (TPSA) is 38.0 Å². The molecule has 0 amide bonds. The quantitative estimate of drug-likeness (QED) is 0.754. The molecule has 0 aliphatic rings. The molecule has 0 saturated carbocycles. The van der Waals surface area contributed by atoms with Crippen LogP contribution < -0.4 is 0 Å². The lowest BCUT2D eigenvalue weighted by Gasteiger charge is -2.12. The van der Waals surface area contributed by atoms with Gasteiger partial charge >= 0.3 is 0 Å². The Hall–Kier alpha value is -2.83. The normalized spacial score (nSPS) is 11.6. The van der Waals surface area contributed by atoms with Crippen LogP contribution in [0.4, 0.5) is 0 Å². The first-order chi connectivity index (χ1) is 11.2. The van der Waals surface area contributed by atoms with Crippen LogP contribution >= 0.6 is 0 Å². The molecule has 0 spiro atoms. The van der Waals surface area contributed by atoms with Crippen molar-refractivity contribution >= 4 is 0 Å². The molecule has 3 rings (SSSR count). The fourth-order valence-corrected chi connectivity index (χ4v) is 2.36. The largest absolute Gasteiger partial charge is 0.386 e. The molecule has 1 atom stereocenters. The van der Waals surface area contributed by atoms with E-state index in [9.17, 15) is 5.11 Å². The molecule has 3 aromatic rings. The Labute approximate surface area is 136 Å². The Morgan fingerprint density at radius 2 is 1.65 bits per heavy atom. The molecule has 3 nitrogen and oxygen atoms in total. The zero-order valence-electron chi connectivity index (χ0n) is 13.0. The van der Waals surface area contributed by atoms with Gasteiger partial charge in [-0.15, -0.1) is 0 Å². The SMILES string of the molecule is Cc1c(C#Cc2ccccc2)cnn1CC(O)c1ccccc1. The number of benzene rings is 2. The van der Waals surface area contributed by atoms with Crippen LogP contribution in [-0.4, -0.2) is 14.9 Å². The van der Waals surface area contributed by atoms with E-state index in [-0.39, 0.29) is 0 Å². The van der Waals surface area contributed by atoms with Gasteiger partial charge in [-0.1, -0.05) is 60.4 Å². The van der Waals surface area contributed by atoms with Crippen molar-refractivity contribution in [3.63, 3.8) is 0 Å². The molecule has 1 unspecified atom stereocenters. The summed E-state index contributed by atoms with van der Waals surface area (Å²) in [7, 11) is 0. The zero-order valence-corrected chi connectivity index (χ0v) is 13.0. The molecule has 0 radical (unpaired) electrons. The maximum atomic E-state index is 10.3. The highest BCUT2D eigenvalue weighted by molar-refractivity contribution is 5.43. The van der Waals surface area contributed by atoms with E-state index in [1.165, 1.54) is 0 Å². The molecular formula is C20H18N2O. The summed E-state index contributed by atoms with van der Waals surface area (Å²) >= 11 is 0. The van der Waals surface area contributed by atoms with Crippen molar-refractivity contribution in [1.29, 1.82) is 0 Å². The molecule has 0 bridgehead atoms. The van der Waals surface area contributed by atoms with Gasteiger partial charge in [0.05, 0.1) is 30.1 Å². The van der Waals surface area contributed by atoms with Gasteiger partial charge in [-0.3, -0.25) is 4.68 Å². The molecular weight excluding hydrogens is 284 g/mol. The first-order valence-corrected chi connectivity index (χ1v) is 7.56. The summed E-state index contributed by atoms with van der Waals surface area (Å²) in [6.45, 7) is 2.39. The molecule has 114 valence electrons. The number of aliphatic hydroxyl groups is 1. The fourth-order valence-electron chi connectivity index (χ4n) is 2.36. The predicted molar refractivity (Wildman–Crippen MR) is 90.8 cm³/mol. The first-order valence-electron chi connectivity index (χ1n) is 7.56. The Morgan fingerprint density at radius 1 is 1.00 bits per heavy atom. The second-order valence-corrected chi connectivity index (χ2v) is 5.37. The van der Waals surface area contributed by atoms with E-state index in [4.69, 9.17) is 0 Å². The highest BCUT2D eigenvalue weighted by Gasteiger charge is 2.11. The molecule has 1 aromatic heterocycles. The van der Waals surface area contributed by atoms with Gasteiger partial charge in [-0.05, 0) is 24.6 Å². The third kappa shape index (κ3) is 3.68. The van der Waals surface area contributed by atoms with Gasteiger partial charge in [0, 0.05) is 5.56 Å². The van der Waals surface area contributed by atoms with E-state index in [2.05, 4.69) is 16.9 Å². The molecule has 1 heterocycles. The van der Waals surface area contributed by atoms with Crippen LogP contribution in [0.15, 0.2) is 66.9 Å². The van der Waals surface area contributed by atoms with Gasteiger partial charge in [0.25, 0.3) is 0 Å². The smallest absolute Gasteiger partial charge is 0.0986 e. The van der Waals surface area contributed by atoms with Crippen LogP contribution in [0.25, 0.3) is 0 Å². The third-order valence-electron chi connectivity index (χ3n) is 3.75. The summed E-state index contributed by atoms with van der Waals surface area (Å²) in [6, 6.07) is 19.5. The van der Waals surface area contributed by atoms with Crippen LogP contribution in [0, 0.1) is 18.8 Å². The van der Waals surface area contributed by atoms with Crippen LogP contribution in [-0.2, 0) is 6.54 Å². The summed E-state index contributed by atoms with van der Waals surface area (Å²) in [5.41, 5.74) is 3.71. The number of hydrogen-bond donors (Lipinski definition) is 1. The highest BCUT2D eigenvalue weighted by atomic mass is 16.3. The van der Waals surface area contributed by atoms with Crippen molar-refractivity contribution in [2.24, 2.45) is 0 Å². The number of hydrogen-bond acceptors (Lipinski definition) is 2. The average Bonchev–Trinajstić information content (AvgIpc) is 2.95. The van der Waals surface area contributed by atoms with Crippen LogP contribution in [0.2, 0.25) is 0 Å². The number of aromatic nitrogens is 2. The summed E-state index contributed by atoms with van der Waals surface area (Å²) in [4.78, 5) is 0. The lowest BCUT2D eigenvalue weighted by molar-refractivity contribution is 0.150. The van der Waals surface area contributed by atoms with Crippen molar-refractivity contribution in [1.82, 2.24) is 9.78 Å². The highest BCUT2D eigenvalue weighted by Crippen LogP contribution is 2.16. The zero-order chi connectivity index (χ0) is 16.1. The molecule has 0 aliphatic carbocycles. The van der Waals surface area contributed by atoms with Gasteiger partial charge < -0.3 is 5.11 Å². The maximum absolute atomic E-state index is 10.3. The molecule has 1 N–H and O–H groups in total. The summed E-state index contributed by atoms with van der Waals surface area (Å²) in [5.74, 6) is 6.28. The van der Waals surface area contributed by atoms with Crippen molar-refractivity contribution in [2.45, 2.75) is 19.6 Å². The molecule has 0 saturated heterocycles. The van der Waals surface area contributed by atoms with Gasteiger partial charge in [0.15, 0.2) is 0 Å². The van der Waals surface area contributed by atoms with Crippen LogP contribution in [0.1, 0.15) is 28.5 Å². The van der Waals surface area contributed by atoms with Gasteiger partial charge in [0.1, 0.15) is 0 Å². The van der Waals surface area contributed by atoms with Gasteiger partial charge in [-0.2, -0.15) is 5.10 Å². The lowest BCUT2D eigenvalue weighted by Crippen LogP contribution is -2.11. The van der Waals surface area contributed by atoms with E-state index in [0.717, 1.165) is 22.4 Å². The van der Waals surface area contributed by atoms with E-state index in [0.29, 0.717) is 6.54 Å². The van der Waals surface area contributed by atoms with Crippen molar-refractivity contribution in [2.75, 3.05) is 0 Å². The summed E-state index contributed by atoms with van der Waals surface area (Å²) in [6.07, 6.45) is 1.17. The van der Waals surface area contributed by atoms with E-state index >= 15 is 0 Å². The minimum atomic E-state index is -0.579. The van der Waals surface area contributed by atoms with E-state index in [1.54, 1.807) is 10.9 Å². The Kier molecular flexibility index (Phi) is 4.56. The minimum absolute atomic E-state index is 0.420. The first kappa shape index (κ1) is 15.1. The van der Waals surface area contributed by atoms with Crippen LogP contribution in [0.5, 0.6) is 0 Å². The molecule has 3 heteroatoms. The minimum Gasteiger partial charge on any atom is -0.386 e. The average molecular weight is 302 g/mol. The van der Waals surface area contributed by atoms with Gasteiger partial charge in [-0.25, -0.2) is 0 Å². The number of aliphatic hydroxyl groups excluding tert-OH is 1. The van der Waals surface area contributed by atoms with Crippen molar-refractivity contribution in [3.8, 4) is 11.8 Å². The van der Waals surface area contributed by atoms with E-state index in [1.807, 2.05) is 67.6 Å². The lowest BCUT2D eigenvalue weighted by atomic mass is 10.1. The Bertz CT molecular complexity index is 826. The molecule has 0 fully saturated rings.